The van der Waals surface area contributed by atoms with E-state index < -0.39 is 0 Å². The van der Waals surface area contributed by atoms with Crippen LogP contribution >= 0.6 is 0 Å². The molecule has 0 spiro atoms. The Labute approximate surface area is 134 Å². The van der Waals surface area contributed by atoms with Crippen molar-refractivity contribution in [2.45, 2.75) is 0 Å². The third-order valence-corrected chi connectivity index (χ3v) is 3.75. The summed E-state index contributed by atoms with van der Waals surface area (Å²) in [5.41, 5.74) is 5.04. The fourth-order valence-electron chi connectivity index (χ4n) is 2.49. The van der Waals surface area contributed by atoms with Crippen LogP contribution in [0.4, 0.5) is 0 Å². The Hall–Kier alpha value is -3.20. The number of hydrogen-bond donors (Lipinski definition) is 1. The zero-order chi connectivity index (χ0) is 16.2. The van der Waals surface area contributed by atoms with Gasteiger partial charge in [-0.15, -0.1) is 0 Å². The Morgan fingerprint density at radius 2 is 1.35 bits per heavy atom. The van der Waals surface area contributed by atoms with Crippen LogP contribution in [0.1, 0.15) is 11.1 Å². The Morgan fingerprint density at radius 1 is 0.826 bits per heavy atom. The van der Waals surface area contributed by atoms with Crippen molar-refractivity contribution in [3.05, 3.63) is 89.4 Å². The van der Waals surface area contributed by atoms with Crippen LogP contribution in [0.25, 0.3) is 34.4 Å². The molecule has 3 aromatic rings. The lowest BCUT2D eigenvalue weighted by Crippen LogP contribution is -2.11. The van der Waals surface area contributed by atoms with E-state index >= 15 is 0 Å². The summed E-state index contributed by atoms with van der Waals surface area (Å²) in [6.07, 6.45) is 5.24. The maximum atomic E-state index is 12.3. The summed E-state index contributed by atoms with van der Waals surface area (Å²) in [7, 11) is 0. The molecule has 23 heavy (non-hydrogen) atoms. The van der Waals surface area contributed by atoms with E-state index in [1.54, 1.807) is 18.3 Å². The van der Waals surface area contributed by atoms with Gasteiger partial charge in [0.2, 0.25) is 0 Å². The molecular formula is C20H16N2O. The molecule has 0 aliphatic heterocycles. The molecule has 0 radical (unpaired) electrons. The maximum Gasteiger partial charge on any atom is 0.272 e. The first-order valence-electron chi connectivity index (χ1n) is 7.26. The second-order valence-corrected chi connectivity index (χ2v) is 5.14. The number of benzene rings is 2. The van der Waals surface area contributed by atoms with Crippen molar-refractivity contribution in [1.82, 2.24) is 10.2 Å². The number of nitrogens with one attached hydrogen (secondary N) is 1. The highest BCUT2D eigenvalue weighted by atomic mass is 16.1. The fraction of sp³-hybridized carbons (Fsp3) is 0. The molecule has 0 saturated carbocycles. The Balaban J connectivity index is 2.17. The maximum absolute atomic E-state index is 12.3. The molecule has 1 aromatic heterocycles. The molecule has 0 bridgehead atoms. The standard InChI is InChI=1S/C20H16N2O/c1-3-14-5-9-16(10-6-14)18-13-21-22-20(23)19(18)17-11-7-15(4-2)8-12-17/h3-13H,1-2H2,(H,22,23). The Bertz CT molecular complexity index is 904. The van der Waals surface area contributed by atoms with Crippen molar-refractivity contribution in [2.24, 2.45) is 0 Å². The van der Waals surface area contributed by atoms with Gasteiger partial charge in [-0.3, -0.25) is 4.79 Å². The number of aromatic amines is 1. The van der Waals surface area contributed by atoms with Gasteiger partial charge in [0.1, 0.15) is 0 Å². The predicted octanol–water partition coefficient (Wildman–Crippen LogP) is 4.39. The largest absolute Gasteiger partial charge is 0.272 e. The van der Waals surface area contributed by atoms with Gasteiger partial charge in [0, 0.05) is 5.56 Å². The predicted molar refractivity (Wildman–Crippen MR) is 95.9 cm³/mol. The first-order valence-corrected chi connectivity index (χ1v) is 7.26. The third kappa shape index (κ3) is 2.90. The Kier molecular flexibility index (Phi) is 4.02. The van der Waals surface area contributed by atoms with E-state index in [0.29, 0.717) is 5.56 Å². The summed E-state index contributed by atoms with van der Waals surface area (Å²) in [5.74, 6) is 0. The van der Waals surface area contributed by atoms with Crippen LogP contribution < -0.4 is 5.56 Å². The molecule has 0 aliphatic rings. The van der Waals surface area contributed by atoms with Crippen LogP contribution in [0.2, 0.25) is 0 Å². The summed E-state index contributed by atoms with van der Waals surface area (Å²) in [6, 6.07) is 15.6. The second-order valence-electron chi connectivity index (χ2n) is 5.14. The topological polar surface area (TPSA) is 45.8 Å². The molecule has 1 heterocycles. The molecule has 0 fully saturated rings. The fourth-order valence-corrected chi connectivity index (χ4v) is 2.49. The summed E-state index contributed by atoms with van der Waals surface area (Å²) in [6.45, 7) is 7.50. The van der Waals surface area contributed by atoms with Crippen molar-refractivity contribution in [3.63, 3.8) is 0 Å². The first-order chi connectivity index (χ1) is 11.2. The molecule has 112 valence electrons. The van der Waals surface area contributed by atoms with Crippen molar-refractivity contribution < 1.29 is 0 Å². The van der Waals surface area contributed by atoms with E-state index in [0.717, 1.165) is 27.8 Å². The molecule has 0 atom stereocenters. The van der Waals surface area contributed by atoms with Gasteiger partial charge in [-0.05, 0) is 22.3 Å². The molecule has 3 rings (SSSR count). The quantitative estimate of drug-likeness (QED) is 0.776. The summed E-state index contributed by atoms with van der Waals surface area (Å²) >= 11 is 0. The first kappa shape index (κ1) is 14.7. The van der Waals surface area contributed by atoms with E-state index in [4.69, 9.17) is 0 Å². The minimum atomic E-state index is -0.207. The van der Waals surface area contributed by atoms with Gasteiger partial charge in [0.25, 0.3) is 5.56 Å². The summed E-state index contributed by atoms with van der Waals surface area (Å²) < 4.78 is 0. The van der Waals surface area contributed by atoms with E-state index in [9.17, 15) is 4.79 Å². The Morgan fingerprint density at radius 3 is 1.87 bits per heavy atom. The van der Waals surface area contributed by atoms with E-state index in [-0.39, 0.29) is 5.56 Å². The lowest BCUT2D eigenvalue weighted by atomic mass is 9.96. The van der Waals surface area contributed by atoms with Gasteiger partial charge in [0.05, 0.1) is 11.8 Å². The average molecular weight is 300 g/mol. The van der Waals surface area contributed by atoms with Gasteiger partial charge in [-0.1, -0.05) is 73.8 Å². The van der Waals surface area contributed by atoms with Crippen molar-refractivity contribution in [2.75, 3.05) is 0 Å². The zero-order valence-corrected chi connectivity index (χ0v) is 12.6. The smallest absolute Gasteiger partial charge is 0.267 e. The zero-order valence-electron chi connectivity index (χ0n) is 12.6. The highest BCUT2D eigenvalue weighted by molar-refractivity contribution is 5.82. The SMILES string of the molecule is C=Cc1ccc(-c2cn[nH]c(=O)c2-c2ccc(C=C)cc2)cc1. The summed E-state index contributed by atoms with van der Waals surface area (Å²) in [5, 5.41) is 6.47. The lowest BCUT2D eigenvalue weighted by Gasteiger charge is -2.09. The van der Waals surface area contributed by atoms with Gasteiger partial charge in [-0.25, -0.2) is 5.10 Å². The van der Waals surface area contributed by atoms with Crippen LogP contribution in [-0.2, 0) is 0 Å². The normalized spacial score (nSPS) is 10.3. The van der Waals surface area contributed by atoms with Crippen LogP contribution in [0.5, 0.6) is 0 Å². The molecule has 3 nitrogen and oxygen atoms in total. The molecular weight excluding hydrogens is 284 g/mol. The molecule has 1 N–H and O–H groups in total. The van der Waals surface area contributed by atoms with Crippen molar-refractivity contribution in [3.8, 4) is 22.3 Å². The van der Waals surface area contributed by atoms with Gasteiger partial charge >= 0.3 is 0 Å². The molecule has 2 aromatic carbocycles. The number of hydrogen-bond acceptors (Lipinski definition) is 2. The minimum Gasteiger partial charge on any atom is -0.267 e. The minimum absolute atomic E-state index is 0.207. The van der Waals surface area contributed by atoms with Crippen molar-refractivity contribution >= 4 is 12.2 Å². The van der Waals surface area contributed by atoms with Gasteiger partial charge in [-0.2, -0.15) is 5.10 Å². The van der Waals surface area contributed by atoms with Crippen LogP contribution in [-0.4, -0.2) is 10.2 Å². The molecule has 0 aliphatic carbocycles. The van der Waals surface area contributed by atoms with Gasteiger partial charge in [0.15, 0.2) is 0 Å². The number of aromatic nitrogens is 2. The third-order valence-electron chi connectivity index (χ3n) is 3.75. The molecule has 0 amide bonds. The second kappa shape index (κ2) is 6.28. The lowest BCUT2D eigenvalue weighted by molar-refractivity contribution is 0.994. The number of rotatable bonds is 4. The van der Waals surface area contributed by atoms with E-state index in [2.05, 4.69) is 23.4 Å². The van der Waals surface area contributed by atoms with Gasteiger partial charge < -0.3 is 0 Å². The van der Waals surface area contributed by atoms with Crippen LogP contribution in [0.15, 0.2) is 72.7 Å². The van der Waals surface area contributed by atoms with Crippen LogP contribution in [0, 0.1) is 0 Å². The van der Waals surface area contributed by atoms with Crippen LogP contribution in [0.3, 0.4) is 0 Å². The number of nitrogens with zero attached hydrogens (tertiary/aromatic N) is 1. The van der Waals surface area contributed by atoms with E-state index in [1.165, 1.54) is 0 Å². The van der Waals surface area contributed by atoms with Crippen molar-refractivity contribution in [1.29, 1.82) is 0 Å². The summed E-state index contributed by atoms with van der Waals surface area (Å²) in [4.78, 5) is 12.3. The van der Waals surface area contributed by atoms with E-state index in [1.807, 2.05) is 48.5 Å². The highest BCUT2D eigenvalue weighted by Gasteiger charge is 2.12. The molecule has 0 unspecified atom stereocenters. The highest BCUT2D eigenvalue weighted by Crippen LogP contribution is 2.29. The molecule has 3 heteroatoms. The monoisotopic (exact) mass is 300 g/mol. The average Bonchev–Trinajstić information content (AvgIpc) is 2.62. The number of H-pyrrole nitrogens is 1. The molecule has 0 saturated heterocycles.